The number of hydrogen-bond donors (Lipinski definition) is 5. The maximum absolute atomic E-state index is 11.2. The maximum Gasteiger partial charge on any atom is 0.245 e. The van der Waals surface area contributed by atoms with Gasteiger partial charge in [0, 0.05) is 29.4 Å². The number of para-hydroxylation sites is 1. The highest BCUT2D eigenvalue weighted by atomic mass is 16.5. The molecule has 10 rings (SSSR count). The molecule has 2 unspecified atom stereocenters. The minimum atomic E-state index is -0.531. The Morgan fingerprint density at radius 2 is 1.40 bits per heavy atom. The highest BCUT2D eigenvalue weighted by Gasteiger charge is 2.28. The molecule has 1 saturated heterocycles. The fraction of sp³-hybridized carbons (Fsp3) is 0.250. The number of aromatic nitrogens is 7. The van der Waals surface area contributed by atoms with Crippen LogP contribution in [0, 0.1) is 0 Å². The van der Waals surface area contributed by atoms with Gasteiger partial charge in [0.1, 0.15) is 5.75 Å². The maximum atomic E-state index is 11.2. The van der Waals surface area contributed by atoms with Crippen molar-refractivity contribution in [1.82, 2.24) is 39.1 Å². The van der Waals surface area contributed by atoms with Crippen LogP contribution in [0.15, 0.2) is 116 Å². The molecule has 7 N–H and O–H groups in total. The van der Waals surface area contributed by atoms with Crippen molar-refractivity contribution in [2.75, 3.05) is 51.6 Å². The van der Waals surface area contributed by atoms with Gasteiger partial charge in [0.05, 0.1) is 80.4 Å². The number of nitrogens with one attached hydrogen (secondary N) is 2. The zero-order chi connectivity index (χ0) is 45.0. The van der Waals surface area contributed by atoms with E-state index in [4.69, 9.17) is 30.8 Å². The number of ether oxygens (including phenoxy) is 3. The lowest BCUT2D eigenvalue weighted by atomic mass is 9.89. The third-order valence-electron chi connectivity index (χ3n) is 11.9. The minimum Gasteiger partial charge on any atom is -0.496 e. The molecule has 1 aliphatic heterocycles. The first kappa shape index (κ1) is 42.7. The number of carbonyl (C=O) groups excluding carboxylic acids is 1. The Hall–Kier alpha value is -7.60. The number of primary amides is 1. The van der Waals surface area contributed by atoms with E-state index < -0.39 is 6.10 Å². The Labute approximate surface area is 375 Å². The van der Waals surface area contributed by atoms with Gasteiger partial charge in [-0.1, -0.05) is 30.3 Å². The topological polar surface area (TPSA) is 218 Å². The fourth-order valence-corrected chi connectivity index (χ4v) is 8.54. The van der Waals surface area contributed by atoms with E-state index in [0.717, 1.165) is 87.7 Å². The molecule has 0 bridgehead atoms. The van der Waals surface area contributed by atoms with Gasteiger partial charge in [-0.25, -0.2) is 19.0 Å². The molecule has 2 atom stereocenters. The van der Waals surface area contributed by atoms with E-state index in [9.17, 15) is 9.90 Å². The van der Waals surface area contributed by atoms with Crippen molar-refractivity contribution in [1.29, 1.82) is 0 Å². The average molecular weight is 875 g/mol. The Balaban J connectivity index is 0.000000168. The lowest BCUT2D eigenvalue weighted by Gasteiger charge is -2.31. The zero-order valence-corrected chi connectivity index (χ0v) is 36.3. The number of nitrogens with two attached hydrogens (primary N) is 2. The van der Waals surface area contributed by atoms with Gasteiger partial charge in [0.25, 0.3) is 0 Å². The number of carbonyl (C=O) groups is 1. The van der Waals surface area contributed by atoms with Crippen LogP contribution in [0.2, 0.25) is 0 Å². The number of piperidine rings is 1. The Kier molecular flexibility index (Phi) is 12.2. The summed E-state index contributed by atoms with van der Waals surface area (Å²) in [5, 5.41) is 25.9. The lowest BCUT2D eigenvalue weighted by molar-refractivity contribution is -0.119. The predicted molar refractivity (Wildman–Crippen MR) is 248 cm³/mol. The van der Waals surface area contributed by atoms with Crippen LogP contribution in [0.4, 0.5) is 23.3 Å². The summed E-state index contributed by atoms with van der Waals surface area (Å²) >= 11 is 0. The average Bonchev–Trinajstić information content (AvgIpc) is 4.03. The summed E-state index contributed by atoms with van der Waals surface area (Å²) in [4.78, 5) is 26.6. The summed E-state index contributed by atoms with van der Waals surface area (Å²) in [6.07, 6.45) is 5.63. The Bertz CT molecular complexity index is 2960. The van der Waals surface area contributed by atoms with Gasteiger partial charge in [0.15, 0.2) is 0 Å². The standard InChI is InChI=1S/C26H29N7O3.C22H21N5O2/c1-35-24-10-8-21(25(30-24)36-2)22-9-7-20-15-28-26(31-33(20)22)29-19-5-3-17(4-6-19)18-11-13-32(14-12-18)16-23(27)34;1-29-20-5-3-2-4-16(20)18-9-8-15-12-24-22(26-27(15)18)25-14-7-6-13-10-19(28)21(23)17(13)11-14/h3-10,15,18H,11-14,16H2,1-2H3,(H2,27,34)(H,29,31);2-9,11-12,19,21,28H,10,23H2,1H3,(H,25,26). The van der Waals surface area contributed by atoms with Crippen molar-refractivity contribution < 1.29 is 24.1 Å². The van der Waals surface area contributed by atoms with Gasteiger partial charge in [-0.05, 0) is 115 Å². The van der Waals surface area contributed by atoms with Gasteiger partial charge in [-0.15, -0.1) is 10.2 Å². The molecule has 0 radical (unpaired) electrons. The molecule has 6 heterocycles. The first-order valence-corrected chi connectivity index (χ1v) is 21.3. The van der Waals surface area contributed by atoms with E-state index in [1.54, 1.807) is 39.8 Å². The fourth-order valence-electron chi connectivity index (χ4n) is 8.54. The van der Waals surface area contributed by atoms with E-state index in [1.807, 2.05) is 94.0 Å². The summed E-state index contributed by atoms with van der Waals surface area (Å²) in [6, 6.07) is 33.3. The van der Waals surface area contributed by atoms with Crippen LogP contribution in [0.3, 0.4) is 0 Å². The molecule has 1 aliphatic carbocycles. The number of fused-ring (bicyclic) bond motifs is 3. The van der Waals surface area contributed by atoms with E-state index >= 15 is 0 Å². The molecular formula is C48H50N12O5. The van der Waals surface area contributed by atoms with Crippen molar-refractivity contribution >= 4 is 40.2 Å². The molecule has 0 saturated carbocycles. The first-order valence-electron chi connectivity index (χ1n) is 21.3. The summed E-state index contributed by atoms with van der Waals surface area (Å²) in [6.45, 7) is 2.11. The molecule has 17 heteroatoms. The Morgan fingerprint density at radius 3 is 2.05 bits per heavy atom. The van der Waals surface area contributed by atoms with Crippen LogP contribution in [0.5, 0.6) is 17.5 Å². The molecule has 1 fully saturated rings. The van der Waals surface area contributed by atoms with Crippen LogP contribution in [-0.4, -0.2) is 97.2 Å². The monoisotopic (exact) mass is 874 g/mol. The van der Waals surface area contributed by atoms with Crippen molar-refractivity contribution in [3.63, 3.8) is 0 Å². The second kappa shape index (κ2) is 18.6. The molecule has 332 valence electrons. The van der Waals surface area contributed by atoms with Crippen molar-refractivity contribution in [3.05, 3.63) is 132 Å². The second-order valence-electron chi connectivity index (χ2n) is 16.0. The highest BCUT2D eigenvalue weighted by Crippen LogP contribution is 2.35. The smallest absolute Gasteiger partial charge is 0.245 e. The molecule has 5 aromatic heterocycles. The third-order valence-corrected chi connectivity index (χ3v) is 11.9. The molecule has 17 nitrogen and oxygen atoms in total. The molecule has 8 aromatic rings. The number of rotatable bonds is 12. The van der Waals surface area contributed by atoms with E-state index in [-0.39, 0.29) is 11.9 Å². The van der Waals surface area contributed by atoms with Crippen molar-refractivity contribution in [2.24, 2.45) is 11.5 Å². The SMILES string of the molecule is COc1ccc(-c2ccc3cnc(Nc4ccc(C5CCN(CC(N)=O)CC5)cc4)nn23)c(OC)n1.COc1ccccc1-c1ccc2cnc(Nc3ccc4c(c3)C(N)C(O)C4)nn12. The van der Waals surface area contributed by atoms with Gasteiger partial charge in [-0.3, -0.25) is 9.69 Å². The number of benzene rings is 3. The molecule has 2 aliphatic rings. The normalized spacial score (nSPS) is 16.1. The van der Waals surface area contributed by atoms with Crippen molar-refractivity contribution in [2.45, 2.75) is 37.3 Å². The second-order valence-corrected chi connectivity index (χ2v) is 16.0. The number of anilines is 4. The molecule has 0 spiro atoms. The van der Waals surface area contributed by atoms with Crippen LogP contribution in [-0.2, 0) is 11.2 Å². The molecular weight excluding hydrogens is 825 g/mol. The van der Waals surface area contributed by atoms with Gasteiger partial charge < -0.3 is 41.4 Å². The van der Waals surface area contributed by atoms with Crippen LogP contribution < -0.4 is 36.3 Å². The van der Waals surface area contributed by atoms with E-state index in [1.165, 1.54) is 5.56 Å². The number of pyridine rings is 1. The van der Waals surface area contributed by atoms with Crippen molar-refractivity contribution in [3.8, 4) is 40.0 Å². The quantitative estimate of drug-likeness (QED) is 0.0913. The summed E-state index contributed by atoms with van der Waals surface area (Å²) in [5.74, 6) is 2.88. The number of hydrogen-bond acceptors (Lipinski definition) is 14. The highest BCUT2D eigenvalue weighted by molar-refractivity contribution is 5.76. The van der Waals surface area contributed by atoms with Gasteiger partial charge in [0.2, 0.25) is 29.6 Å². The van der Waals surface area contributed by atoms with Crippen LogP contribution in [0.1, 0.15) is 41.5 Å². The zero-order valence-electron chi connectivity index (χ0n) is 36.3. The number of methoxy groups -OCH3 is 3. The Morgan fingerprint density at radius 1 is 0.754 bits per heavy atom. The summed E-state index contributed by atoms with van der Waals surface area (Å²) in [7, 11) is 4.81. The van der Waals surface area contributed by atoms with E-state index in [2.05, 4.69) is 47.7 Å². The number of aliphatic hydroxyl groups is 1. The van der Waals surface area contributed by atoms with Crippen LogP contribution >= 0.6 is 0 Å². The predicted octanol–water partition coefficient (Wildman–Crippen LogP) is 6.28. The number of nitrogens with zero attached hydrogens (tertiary/aromatic N) is 8. The third kappa shape index (κ3) is 9.10. The summed E-state index contributed by atoms with van der Waals surface area (Å²) < 4.78 is 19.9. The first-order chi connectivity index (χ1) is 31.7. The molecule has 3 aromatic carbocycles. The molecule has 1 amide bonds. The van der Waals surface area contributed by atoms with E-state index in [0.29, 0.717) is 42.5 Å². The molecule has 65 heavy (non-hydrogen) atoms. The number of aliphatic hydroxyl groups excluding tert-OH is 1. The van der Waals surface area contributed by atoms with Crippen LogP contribution in [0.25, 0.3) is 33.5 Å². The summed E-state index contributed by atoms with van der Waals surface area (Å²) in [5.41, 5.74) is 21.7. The largest absolute Gasteiger partial charge is 0.496 e. The van der Waals surface area contributed by atoms with Gasteiger partial charge >= 0.3 is 0 Å². The lowest BCUT2D eigenvalue weighted by Crippen LogP contribution is -2.39. The number of likely N-dealkylation sites (tertiary alicyclic amines) is 1. The minimum absolute atomic E-state index is 0.267. The number of amides is 1. The van der Waals surface area contributed by atoms with Gasteiger partial charge in [-0.2, -0.15) is 4.98 Å².